The first kappa shape index (κ1) is 33.0. The van der Waals surface area contributed by atoms with Crippen LogP contribution in [0.3, 0.4) is 0 Å². The average molecular weight is 708 g/mol. The topological polar surface area (TPSA) is 62.2 Å². The van der Waals surface area contributed by atoms with Crippen molar-refractivity contribution in [3.8, 4) is 11.1 Å². The predicted octanol–water partition coefficient (Wildman–Crippen LogP) is 12.7. The third-order valence-corrected chi connectivity index (χ3v) is 12.1. The van der Waals surface area contributed by atoms with Crippen molar-refractivity contribution in [1.82, 2.24) is 0 Å². The number of hydrogen-bond acceptors (Lipinski definition) is 1. The molecular weight excluding hydrogens is 667 g/mol. The minimum atomic E-state index is -0.472. The Labute approximate surface area is 322 Å². The summed E-state index contributed by atoms with van der Waals surface area (Å²) >= 11 is 0. The number of hydrogen-bond donors (Lipinski definition) is 2. The molecule has 1 unspecified atom stereocenters. The minimum Gasteiger partial charge on any atom is -0.383 e. The van der Waals surface area contributed by atoms with E-state index < -0.39 is 5.41 Å². The number of amidine groups is 2. The molecule has 0 aromatic heterocycles. The quantitative estimate of drug-likeness (QED) is 0.104. The van der Waals surface area contributed by atoms with Crippen LogP contribution in [-0.4, -0.2) is 11.7 Å². The van der Waals surface area contributed by atoms with Crippen LogP contribution >= 0.6 is 0 Å². The summed E-state index contributed by atoms with van der Waals surface area (Å²) in [5.41, 5.74) is 20.7. The number of allylic oxidation sites excluding steroid dienone is 8. The van der Waals surface area contributed by atoms with Crippen LogP contribution in [0, 0.1) is 5.41 Å². The number of aliphatic imine (C=N–C) groups is 1. The largest absolute Gasteiger partial charge is 0.383 e. The molecular formula is C52H41N3. The fourth-order valence-electron chi connectivity index (χ4n) is 9.97. The van der Waals surface area contributed by atoms with Gasteiger partial charge in [-0.05, 0) is 132 Å². The molecule has 3 nitrogen and oxygen atoms in total. The van der Waals surface area contributed by atoms with E-state index >= 15 is 0 Å². The fourth-order valence-corrected chi connectivity index (χ4v) is 9.97. The van der Waals surface area contributed by atoms with Crippen LogP contribution in [-0.2, 0) is 5.41 Å². The first-order chi connectivity index (χ1) is 27.0. The number of nitrogens with one attached hydrogen (secondary N) is 1. The second-order valence-electron chi connectivity index (χ2n) is 14.9. The molecule has 0 amide bonds. The van der Waals surface area contributed by atoms with Crippen molar-refractivity contribution >= 4 is 55.1 Å². The van der Waals surface area contributed by atoms with Crippen LogP contribution in [0.15, 0.2) is 174 Å². The lowest BCUT2D eigenvalue weighted by atomic mass is 9.66. The van der Waals surface area contributed by atoms with Gasteiger partial charge in [-0.2, -0.15) is 0 Å². The van der Waals surface area contributed by atoms with E-state index in [2.05, 4.69) is 135 Å². The summed E-state index contributed by atoms with van der Waals surface area (Å²) in [5.74, 6) is 0.471. The molecule has 0 heterocycles. The molecule has 1 atom stereocenters. The van der Waals surface area contributed by atoms with E-state index in [1.807, 2.05) is 36.4 Å². The molecule has 264 valence electrons. The van der Waals surface area contributed by atoms with Crippen LogP contribution in [0.5, 0.6) is 0 Å². The van der Waals surface area contributed by atoms with Gasteiger partial charge in [-0.25, -0.2) is 4.99 Å². The van der Waals surface area contributed by atoms with Crippen LogP contribution in [0.25, 0.3) is 54.6 Å². The number of nitrogens with zero attached hydrogens (tertiary/aromatic N) is 1. The van der Waals surface area contributed by atoms with Gasteiger partial charge in [0.2, 0.25) is 0 Å². The zero-order chi connectivity index (χ0) is 37.3. The molecule has 55 heavy (non-hydrogen) atoms. The Morgan fingerprint density at radius 2 is 1.44 bits per heavy atom. The minimum absolute atomic E-state index is 0.142. The maximum absolute atomic E-state index is 9.42. The van der Waals surface area contributed by atoms with Gasteiger partial charge in [-0.1, -0.05) is 146 Å². The molecule has 10 rings (SSSR count). The molecule has 0 saturated carbocycles. The molecule has 0 saturated heterocycles. The van der Waals surface area contributed by atoms with Crippen LogP contribution in [0.4, 0.5) is 0 Å². The predicted molar refractivity (Wildman–Crippen MR) is 233 cm³/mol. The fraction of sp³-hybridized carbons (Fsp3) is 0.115. The van der Waals surface area contributed by atoms with Crippen LogP contribution < -0.4 is 5.73 Å². The van der Waals surface area contributed by atoms with Gasteiger partial charge >= 0.3 is 0 Å². The van der Waals surface area contributed by atoms with Gasteiger partial charge in [0.25, 0.3) is 0 Å². The van der Waals surface area contributed by atoms with Crippen molar-refractivity contribution < 1.29 is 0 Å². The molecule has 7 aromatic carbocycles. The highest BCUT2D eigenvalue weighted by Crippen LogP contribution is 2.66. The summed E-state index contributed by atoms with van der Waals surface area (Å²) in [5, 5.41) is 16.9. The Morgan fingerprint density at radius 3 is 2.18 bits per heavy atom. The SMILES string of the molecule is C/C=C\C1=C(CC)C2(C3=C(CCC=C3)c3c2c2ccccc2c2ccccc32)c2cc(-c3cc4ccccc4cc3C(=N)/N=C(\N)c3ccccc3)ccc21. The van der Waals surface area contributed by atoms with Crippen molar-refractivity contribution in [2.75, 3.05) is 0 Å². The van der Waals surface area contributed by atoms with Gasteiger partial charge in [0.05, 0.1) is 5.41 Å². The molecule has 1 spiro atoms. The van der Waals surface area contributed by atoms with Crippen molar-refractivity contribution in [3.63, 3.8) is 0 Å². The Hall–Kier alpha value is -6.58. The maximum atomic E-state index is 9.42. The van der Waals surface area contributed by atoms with Gasteiger partial charge < -0.3 is 5.73 Å². The van der Waals surface area contributed by atoms with Gasteiger partial charge in [-0.15, -0.1) is 0 Å². The highest BCUT2D eigenvalue weighted by Gasteiger charge is 2.54. The van der Waals surface area contributed by atoms with Gasteiger partial charge in [0.15, 0.2) is 5.84 Å². The Morgan fingerprint density at radius 1 is 0.764 bits per heavy atom. The molecule has 3 aliphatic rings. The normalized spacial score (nSPS) is 17.6. The summed E-state index contributed by atoms with van der Waals surface area (Å²) in [7, 11) is 0. The van der Waals surface area contributed by atoms with Crippen LogP contribution in [0.1, 0.15) is 66.5 Å². The lowest BCUT2D eigenvalue weighted by Crippen LogP contribution is -2.29. The standard InChI is InChI=1S/C52H41N3/c1-3-16-38-39-28-27-35(43-29-33-19-8-9-20-34(33)30-44(43)51(54)55-50(53)32-17-6-5-7-18-32)31-47(39)52(45(38)4-2)46-26-15-14-25-42(46)48-40-23-12-10-21-36(40)37-22-11-13-24-41(37)49(48)52/h3,5-13,15-24,26-31H,4,14,25H2,1-2H3,(H3,53,54,55)/b16-3-. The monoisotopic (exact) mass is 707 g/mol. The Kier molecular flexibility index (Phi) is 7.67. The second-order valence-corrected chi connectivity index (χ2v) is 14.9. The molecule has 0 radical (unpaired) electrons. The van der Waals surface area contributed by atoms with E-state index in [1.54, 1.807) is 0 Å². The summed E-state index contributed by atoms with van der Waals surface area (Å²) in [4.78, 5) is 4.71. The summed E-state index contributed by atoms with van der Waals surface area (Å²) in [6, 6.07) is 47.5. The molecule has 7 aromatic rings. The Bertz CT molecular complexity index is 2940. The highest BCUT2D eigenvalue weighted by atomic mass is 14.9. The van der Waals surface area contributed by atoms with E-state index in [0.717, 1.165) is 52.3 Å². The third kappa shape index (κ3) is 4.76. The van der Waals surface area contributed by atoms with Crippen molar-refractivity contribution in [3.05, 3.63) is 202 Å². The molecule has 3 heteroatoms. The van der Waals surface area contributed by atoms with Gasteiger partial charge in [-0.3, -0.25) is 5.41 Å². The molecule has 0 bridgehead atoms. The van der Waals surface area contributed by atoms with E-state index in [1.165, 1.54) is 66.1 Å². The zero-order valence-corrected chi connectivity index (χ0v) is 31.2. The molecule has 3 N–H and O–H groups in total. The number of rotatable bonds is 5. The van der Waals surface area contributed by atoms with E-state index in [-0.39, 0.29) is 5.84 Å². The first-order valence-corrected chi connectivity index (χ1v) is 19.4. The van der Waals surface area contributed by atoms with E-state index in [0.29, 0.717) is 5.84 Å². The van der Waals surface area contributed by atoms with E-state index in [9.17, 15) is 5.41 Å². The lowest BCUT2D eigenvalue weighted by molar-refractivity contribution is 0.729. The lowest BCUT2D eigenvalue weighted by Gasteiger charge is -2.35. The second kappa shape index (κ2) is 12.8. The van der Waals surface area contributed by atoms with Crippen LogP contribution in [0.2, 0.25) is 0 Å². The van der Waals surface area contributed by atoms with Crippen molar-refractivity contribution in [2.24, 2.45) is 10.7 Å². The molecule has 0 aliphatic heterocycles. The van der Waals surface area contributed by atoms with Crippen molar-refractivity contribution in [1.29, 1.82) is 5.41 Å². The van der Waals surface area contributed by atoms with Crippen molar-refractivity contribution in [2.45, 2.75) is 38.5 Å². The molecule has 0 fully saturated rings. The van der Waals surface area contributed by atoms with Gasteiger partial charge in [0.1, 0.15) is 5.84 Å². The average Bonchev–Trinajstić information content (AvgIpc) is 3.70. The summed E-state index contributed by atoms with van der Waals surface area (Å²) in [6.07, 6.45) is 12.3. The number of benzene rings is 7. The molecule has 3 aliphatic carbocycles. The summed E-state index contributed by atoms with van der Waals surface area (Å²) in [6.45, 7) is 4.46. The number of fused-ring (bicyclic) bond motifs is 12. The highest BCUT2D eigenvalue weighted by molar-refractivity contribution is 6.19. The Balaban J connectivity index is 1.29. The third-order valence-electron chi connectivity index (χ3n) is 12.1. The zero-order valence-electron chi connectivity index (χ0n) is 31.2. The smallest absolute Gasteiger partial charge is 0.154 e. The number of nitrogens with two attached hydrogens (primary N) is 1. The first-order valence-electron chi connectivity index (χ1n) is 19.4. The van der Waals surface area contributed by atoms with E-state index in [4.69, 9.17) is 10.7 Å². The maximum Gasteiger partial charge on any atom is 0.154 e. The van der Waals surface area contributed by atoms with Gasteiger partial charge in [0, 0.05) is 11.1 Å². The summed E-state index contributed by atoms with van der Waals surface area (Å²) < 4.78 is 0.